The van der Waals surface area contributed by atoms with Crippen molar-refractivity contribution in [3.63, 3.8) is 0 Å². The zero-order chi connectivity index (χ0) is 18.9. The molecule has 0 radical (unpaired) electrons. The number of aromatic nitrogens is 2. The molecule has 0 spiro atoms. The summed E-state index contributed by atoms with van der Waals surface area (Å²) in [6, 6.07) is 6.66. The Bertz CT molecular complexity index is 943. The molecule has 0 unspecified atom stereocenters. The number of hydrogen-bond acceptors (Lipinski definition) is 7. The highest BCUT2D eigenvalue weighted by atomic mass is 32.2. The summed E-state index contributed by atoms with van der Waals surface area (Å²) in [6.07, 6.45) is 1.32. The highest BCUT2D eigenvalue weighted by Gasteiger charge is 2.37. The summed E-state index contributed by atoms with van der Waals surface area (Å²) < 4.78 is 29.9. The SMILES string of the molecule is CC1(C)Oc2c(NCc3ccc(NS(N)(=O)=O)cc3)ncnc2NC1=O. The second kappa shape index (κ2) is 6.42. The van der Waals surface area contributed by atoms with Crippen molar-refractivity contribution < 1.29 is 17.9 Å². The van der Waals surface area contributed by atoms with Crippen LogP contribution in [0.2, 0.25) is 0 Å². The molecule has 0 atom stereocenters. The van der Waals surface area contributed by atoms with E-state index in [1.807, 2.05) is 0 Å². The van der Waals surface area contributed by atoms with Gasteiger partial charge < -0.3 is 15.4 Å². The van der Waals surface area contributed by atoms with E-state index in [1.165, 1.54) is 6.33 Å². The second-order valence-electron chi connectivity index (χ2n) is 6.16. The molecule has 26 heavy (non-hydrogen) atoms. The summed E-state index contributed by atoms with van der Waals surface area (Å²) >= 11 is 0. The van der Waals surface area contributed by atoms with E-state index in [9.17, 15) is 13.2 Å². The van der Waals surface area contributed by atoms with Crippen LogP contribution in [0.1, 0.15) is 19.4 Å². The lowest BCUT2D eigenvalue weighted by atomic mass is 10.1. The van der Waals surface area contributed by atoms with E-state index in [-0.39, 0.29) is 5.91 Å². The van der Waals surface area contributed by atoms with Crippen LogP contribution in [0.4, 0.5) is 17.3 Å². The molecular formula is C15H18N6O4S. The smallest absolute Gasteiger partial charge is 0.296 e. The van der Waals surface area contributed by atoms with Gasteiger partial charge in [-0.05, 0) is 31.5 Å². The van der Waals surface area contributed by atoms with Gasteiger partial charge in [0.15, 0.2) is 17.2 Å². The van der Waals surface area contributed by atoms with Crippen molar-refractivity contribution in [3.05, 3.63) is 36.2 Å². The minimum Gasteiger partial charge on any atom is -0.470 e. The number of hydrogen-bond donors (Lipinski definition) is 4. The maximum absolute atomic E-state index is 11.9. The van der Waals surface area contributed by atoms with Crippen molar-refractivity contribution in [3.8, 4) is 5.75 Å². The molecule has 5 N–H and O–H groups in total. The Morgan fingerprint density at radius 2 is 1.92 bits per heavy atom. The first-order valence-electron chi connectivity index (χ1n) is 7.63. The van der Waals surface area contributed by atoms with Gasteiger partial charge in [0.05, 0.1) is 0 Å². The Morgan fingerprint density at radius 1 is 1.23 bits per heavy atom. The Labute approximate surface area is 150 Å². The van der Waals surface area contributed by atoms with Gasteiger partial charge >= 0.3 is 0 Å². The first kappa shape index (κ1) is 17.9. The summed E-state index contributed by atoms with van der Waals surface area (Å²) in [5.41, 5.74) is 0.203. The fraction of sp³-hybridized carbons (Fsp3) is 0.267. The van der Waals surface area contributed by atoms with Gasteiger partial charge in [0.25, 0.3) is 16.1 Å². The summed E-state index contributed by atoms with van der Waals surface area (Å²) in [7, 11) is -3.80. The van der Waals surface area contributed by atoms with E-state index in [0.29, 0.717) is 29.6 Å². The number of anilines is 3. The molecule has 2 aromatic rings. The van der Waals surface area contributed by atoms with Crippen molar-refractivity contribution in [2.75, 3.05) is 15.4 Å². The maximum atomic E-state index is 11.9. The predicted octanol–water partition coefficient (Wildman–Crippen LogP) is 0.814. The molecular weight excluding hydrogens is 360 g/mol. The van der Waals surface area contributed by atoms with Gasteiger partial charge in [0, 0.05) is 12.2 Å². The van der Waals surface area contributed by atoms with Crippen LogP contribution in [0.15, 0.2) is 30.6 Å². The van der Waals surface area contributed by atoms with E-state index in [4.69, 9.17) is 9.88 Å². The number of nitrogens with one attached hydrogen (secondary N) is 3. The van der Waals surface area contributed by atoms with Crippen LogP contribution in [0, 0.1) is 0 Å². The average molecular weight is 378 g/mol. The van der Waals surface area contributed by atoms with E-state index in [1.54, 1.807) is 38.1 Å². The fourth-order valence-electron chi connectivity index (χ4n) is 2.29. The third kappa shape index (κ3) is 4.00. The molecule has 0 bridgehead atoms. The predicted molar refractivity (Wildman–Crippen MR) is 95.9 cm³/mol. The van der Waals surface area contributed by atoms with E-state index in [0.717, 1.165) is 5.56 Å². The van der Waals surface area contributed by atoms with Crippen molar-refractivity contribution in [1.29, 1.82) is 0 Å². The number of nitrogens with two attached hydrogens (primary N) is 1. The molecule has 0 aliphatic carbocycles. The topological polar surface area (TPSA) is 148 Å². The van der Waals surface area contributed by atoms with E-state index >= 15 is 0 Å². The molecule has 0 saturated heterocycles. The van der Waals surface area contributed by atoms with Gasteiger partial charge in [-0.3, -0.25) is 9.52 Å². The van der Waals surface area contributed by atoms with Crippen LogP contribution < -0.4 is 25.2 Å². The summed E-state index contributed by atoms with van der Waals surface area (Å²) in [6.45, 7) is 3.70. The Kier molecular flexibility index (Phi) is 4.42. The maximum Gasteiger partial charge on any atom is 0.296 e. The Hall–Kier alpha value is -2.92. The summed E-state index contributed by atoms with van der Waals surface area (Å²) in [5.74, 6) is 0.826. The highest BCUT2D eigenvalue weighted by molar-refractivity contribution is 7.90. The molecule has 11 heteroatoms. The van der Waals surface area contributed by atoms with Gasteiger partial charge in [-0.15, -0.1) is 0 Å². The number of rotatable bonds is 5. The lowest BCUT2D eigenvalue weighted by molar-refractivity contribution is -0.129. The molecule has 1 aliphatic heterocycles. The standard InChI is InChI=1S/C15H18N6O4S/c1-15(2)14(22)20-13-11(25-15)12(18-8-19-13)17-7-9-3-5-10(6-4-9)21-26(16,23)24/h3-6,8,21H,7H2,1-2H3,(H2,16,23,24)(H2,17,18,19,20,22). The number of nitrogens with zero attached hydrogens (tertiary/aromatic N) is 2. The lowest BCUT2D eigenvalue weighted by Crippen LogP contribution is -2.46. The van der Waals surface area contributed by atoms with Crippen LogP contribution in [0.5, 0.6) is 5.75 Å². The zero-order valence-corrected chi connectivity index (χ0v) is 14.9. The Balaban J connectivity index is 1.73. The van der Waals surface area contributed by atoms with E-state index < -0.39 is 15.8 Å². The van der Waals surface area contributed by atoms with Crippen molar-refractivity contribution >= 4 is 33.4 Å². The monoisotopic (exact) mass is 378 g/mol. The molecule has 0 fully saturated rings. The molecule has 10 nitrogen and oxygen atoms in total. The first-order valence-corrected chi connectivity index (χ1v) is 9.17. The molecule has 138 valence electrons. The molecule has 0 saturated carbocycles. The molecule has 1 aromatic heterocycles. The summed E-state index contributed by atoms with van der Waals surface area (Å²) in [4.78, 5) is 20.1. The van der Waals surface area contributed by atoms with Gasteiger partial charge in [-0.1, -0.05) is 12.1 Å². The molecule has 3 rings (SSSR count). The molecule has 1 aromatic carbocycles. The van der Waals surface area contributed by atoms with Gasteiger partial charge in [0.2, 0.25) is 5.75 Å². The average Bonchev–Trinajstić information content (AvgIpc) is 2.54. The number of benzene rings is 1. The van der Waals surface area contributed by atoms with Crippen molar-refractivity contribution in [2.24, 2.45) is 5.14 Å². The Morgan fingerprint density at radius 3 is 2.58 bits per heavy atom. The largest absolute Gasteiger partial charge is 0.470 e. The first-order chi connectivity index (χ1) is 12.1. The number of fused-ring (bicyclic) bond motifs is 1. The second-order valence-corrected chi connectivity index (χ2v) is 7.46. The quantitative estimate of drug-likeness (QED) is 0.601. The van der Waals surface area contributed by atoms with Crippen molar-refractivity contribution in [1.82, 2.24) is 9.97 Å². The van der Waals surface area contributed by atoms with Gasteiger partial charge in [-0.2, -0.15) is 8.42 Å². The van der Waals surface area contributed by atoms with Crippen LogP contribution in [0.25, 0.3) is 0 Å². The van der Waals surface area contributed by atoms with Gasteiger partial charge in [-0.25, -0.2) is 15.1 Å². The lowest BCUT2D eigenvalue weighted by Gasteiger charge is -2.31. The van der Waals surface area contributed by atoms with Crippen LogP contribution >= 0.6 is 0 Å². The van der Waals surface area contributed by atoms with Crippen LogP contribution in [-0.4, -0.2) is 29.9 Å². The fourth-order valence-corrected chi connectivity index (χ4v) is 2.75. The van der Waals surface area contributed by atoms with Crippen molar-refractivity contribution in [2.45, 2.75) is 26.0 Å². The molecule has 1 aliphatic rings. The number of amides is 1. The molecule has 1 amide bonds. The summed E-state index contributed by atoms with van der Waals surface area (Å²) in [5, 5.41) is 10.7. The van der Waals surface area contributed by atoms with Gasteiger partial charge in [0.1, 0.15) is 6.33 Å². The highest BCUT2D eigenvalue weighted by Crippen LogP contribution is 2.36. The number of carbonyl (C=O) groups is 1. The molecule has 2 heterocycles. The minimum absolute atomic E-state index is 0.285. The number of ether oxygens (including phenoxy) is 1. The normalized spacial score (nSPS) is 15.4. The van der Waals surface area contributed by atoms with E-state index in [2.05, 4.69) is 25.3 Å². The zero-order valence-electron chi connectivity index (χ0n) is 14.1. The van der Waals surface area contributed by atoms with Crippen LogP contribution in [-0.2, 0) is 21.5 Å². The number of carbonyl (C=O) groups excluding carboxylic acids is 1. The third-order valence-corrected chi connectivity index (χ3v) is 4.13. The minimum atomic E-state index is -3.80. The van der Waals surface area contributed by atoms with Crippen LogP contribution in [0.3, 0.4) is 0 Å². The third-order valence-electron chi connectivity index (χ3n) is 3.61.